The summed E-state index contributed by atoms with van der Waals surface area (Å²) in [6, 6.07) is 8.27. The third kappa shape index (κ3) is 5.10. The molecule has 11 nitrogen and oxygen atoms in total. The van der Waals surface area contributed by atoms with Gasteiger partial charge in [0.15, 0.2) is 11.0 Å². The van der Waals surface area contributed by atoms with Gasteiger partial charge in [0.05, 0.1) is 30.7 Å². The Bertz CT molecular complexity index is 1120. The molecular weight excluding hydrogens is 450 g/mol. The number of aliphatic hydroxyl groups excluding tert-OH is 1. The van der Waals surface area contributed by atoms with Gasteiger partial charge in [0.25, 0.3) is 15.9 Å². The van der Waals surface area contributed by atoms with Crippen LogP contribution in [0.5, 0.6) is 0 Å². The highest BCUT2D eigenvalue weighted by Crippen LogP contribution is 2.24. The molecule has 3 rings (SSSR count). The van der Waals surface area contributed by atoms with Crippen molar-refractivity contribution in [3.8, 4) is 0 Å². The predicted molar refractivity (Wildman–Crippen MR) is 111 cm³/mol. The van der Waals surface area contributed by atoms with Crippen LogP contribution in [0, 0.1) is 0 Å². The minimum atomic E-state index is -3.94. The number of sulfonamides is 1. The normalized spacial score (nSPS) is 14.0. The third-order valence-electron chi connectivity index (χ3n) is 4.26. The van der Waals surface area contributed by atoms with Gasteiger partial charge in [-0.1, -0.05) is 11.6 Å². The summed E-state index contributed by atoms with van der Waals surface area (Å²) in [4.78, 5) is 25.8. The van der Waals surface area contributed by atoms with E-state index in [2.05, 4.69) is 20.2 Å². The topological polar surface area (TPSA) is 151 Å². The summed E-state index contributed by atoms with van der Waals surface area (Å²) >= 11 is 5.63. The number of methoxy groups -OCH3 is 1. The molecule has 0 spiro atoms. The molecule has 2 aromatic rings. The Morgan fingerprint density at radius 2 is 1.94 bits per heavy atom. The van der Waals surface area contributed by atoms with Crippen molar-refractivity contribution >= 4 is 45.0 Å². The van der Waals surface area contributed by atoms with Gasteiger partial charge in [-0.2, -0.15) is 0 Å². The number of carbonyl (C=O) groups excluding carboxylic acids is 2. The lowest BCUT2D eigenvalue weighted by molar-refractivity contribution is -0.136. The Hall–Kier alpha value is -3.22. The minimum absolute atomic E-state index is 0.00000366. The second-order valence-electron chi connectivity index (χ2n) is 6.29. The zero-order valence-corrected chi connectivity index (χ0v) is 17.8. The molecule has 1 aromatic carbocycles. The lowest BCUT2D eigenvalue weighted by Gasteiger charge is -2.15. The van der Waals surface area contributed by atoms with Crippen LogP contribution < -0.4 is 10.0 Å². The summed E-state index contributed by atoms with van der Waals surface area (Å²) in [5.41, 5.74) is 0.493. The number of β-amino-alcohol motifs (C(OH)–C–C–N with tert-alkyl or cyclic N) is 1. The van der Waals surface area contributed by atoms with E-state index in [1.165, 1.54) is 48.4 Å². The number of ether oxygens (including phenoxy) is 1. The number of nitrogens with zero attached hydrogens (tertiary/aromatic N) is 3. The fourth-order valence-electron chi connectivity index (χ4n) is 2.78. The first-order valence-corrected chi connectivity index (χ1v) is 10.7. The molecule has 0 saturated heterocycles. The lowest BCUT2D eigenvalue weighted by Crippen LogP contribution is -2.31. The van der Waals surface area contributed by atoms with Crippen molar-refractivity contribution in [1.82, 2.24) is 15.1 Å². The number of esters is 1. The number of hydrogen-bond acceptors (Lipinski definition) is 9. The van der Waals surface area contributed by atoms with Crippen LogP contribution >= 0.6 is 11.6 Å². The van der Waals surface area contributed by atoms with Crippen LogP contribution in [-0.2, 0) is 24.3 Å². The Morgan fingerprint density at radius 3 is 2.52 bits per heavy atom. The van der Waals surface area contributed by atoms with Gasteiger partial charge >= 0.3 is 5.97 Å². The quantitative estimate of drug-likeness (QED) is 0.474. The maximum Gasteiger partial charge on any atom is 0.337 e. The van der Waals surface area contributed by atoms with Crippen LogP contribution in [0.3, 0.4) is 0 Å². The van der Waals surface area contributed by atoms with Gasteiger partial charge in [-0.3, -0.25) is 9.52 Å². The Labute approximate surface area is 182 Å². The molecule has 1 amide bonds. The van der Waals surface area contributed by atoms with Crippen molar-refractivity contribution in [2.45, 2.75) is 4.90 Å². The lowest BCUT2D eigenvalue weighted by atomic mass is 10.2. The molecule has 13 heteroatoms. The molecule has 0 fully saturated rings. The van der Waals surface area contributed by atoms with E-state index in [0.29, 0.717) is 5.69 Å². The van der Waals surface area contributed by atoms with Gasteiger partial charge in [0, 0.05) is 12.2 Å². The van der Waals surface area contributed by atoms with Gasteiger partial charge < -0.3 is 20.1 Å². The summed E-state index contributed by atoms with van der Waals surface area (Å²) in [7, 11) is -2.74. The average molecular weight is 468 g/mol. The van der Waals surface area contributed by atoms with E-state index in [9.17, 15) is 18.0 Å². The second-order valence-corrected chi connectivity index (χ2v) is 8.36. The number of benzene rings is 1. The average Bonchev–Trinajstić information content (AvgIpc) is 3.05. The van der Waals surface area contributed by atoms with E-state index in [1.807, 2.05) is 0 Å². The Balaban J connectivity index is 1.79. The van der Waals surface area contributed by atoms with Crippen LogP contribution in [0.15, 0.2) is 52.6 Å². The van der Waals surface area contributed by atoms with Crippen molar-refractivity contribution in [2.24, 2.45) is 0 Å². The fraction of sp³-hybridized carbons (Fsp3) is 0.222. The van der Waals surface area contributed by atoms with Crippen LogP contribution in [0.2, 0.25) is 5.15 Å². The van der Waals surface area contributed by atoms with Crippen molar-refractivity contribution in [3.63, 3.8) is 0 Å². The third-order valence-corrected chi connectivity index (χ3v) is 5.83. The number of hydrogen-bond donors (Lipinski definition) is 3. The number of aromatic nitrogens is 2. The maximum absolute atomic E-state index is 12.5. The maximum atomic E-state index is 12.5. The summed E-state index contributed by atoms with van der Waals surface area (Å²) in [5.74, 6) is -1.15. The number of nitrogens with one attached hydrogen (secondary N) is 2. The zero-order valence-electron chi connectivity index (χ0n) is 16.2. The number of aliphatic hydroxyl groups is 1. The first kappa shape index (κ1) is 22.5. The highest BCUT2D eigenvalue weighted by Gasteiger charge is 2.34. The van der Waals surface area contributed by atoms with Gasteiger partial charge in [0.2, 0.25) is 0 Å². The van der Waals surface area contributed by atoms with E-state index < -0.39 is 21.9 Å². The van der Waals surface area contributed by atoms with E-state index in [1.54, 1.807) is 0 Å². The zero-order chi connectivity index (χ0) is 22.6. The van der Waals surface area contributed by atoms with Crippen molar-refractivity contribution in [3.05, 3.63) is 52.8 Å². The molecule has 0 unspecified atom stereocenters. The van der Waals surface area contributed by atoms with Gasteiger partial charge in [-0.15, -0.1) is 10.2 Å². The molecule has 3 N–H and O–H groups in total. The van der Waals surface area contributed by atoms with Crippen molar-refractivity contribution in [1.29, 1.82) is 0 Å². The van der Waals surface area contributed by atoms with Crippen molar-refractivity contribution in [2.75, 3.05) is 36.8 Å². The molecule has 2 heterocycles. The molecule has 0 saturated carbocycles. The summed E-state index contributed by atoms with van der Waals surface area (Å²) in [6.07, 6.45) is 0. The number of amides is 1. The minimum Gasteiger partial charge on any atom is -0.466 e. The molecule has 0 atom stereocenters. The molecule has 0 radical (unpaired) electrons. The van der Waals surface area contributed by atoms with Gasteiger partial charge in [-0.25, -0.2) is 13.2 Å². The number of carbonyl (C=O) groups is 2. The SMILES string of the molecule is COC(=O)C1=C(Nc2ccc(S(=O)(=O)Nc3ccc(Cl)nn3)cc2)C(=O)N(CCO)C1. The molecule has 1 aliphatic rings. The number of halogens is 1. The Morgan fingerprint density at radius 1 is 1.23 bits per heavy atom. The summed E-state index contributed by atoms with van der Waals surface area (Å²) < 4.78 is 32.0. The Kier molecular flexibility index (Phi) is 6.73. The highest BCUT2D eigenvalue weighted by atomic mass is 35.5. The number of anilines is 2. The second kappa shape index (κ2) is 9.29. The molecular formula is C18H18ClN5O6S. The summed E-state index contributed by atoms with van der Waals surface area (Å²) in [6.45, 7) is -0.209. The highest BCUT2D eigenvalue weighted by molar-refractivity contribution is 7.92. The van der Waals surface area contributed by atoms with Crippen LogP contribution in [0.1, 0.15) is 0 Å². The van der Waals surface area contributed by atoms with Gasteiger partial charge in [-0.05, 0) is 36.4 Å². The monoisotopic (exact) mass is 467 g/mol. The molecule has 0 bridgehead atoms. The molecule has 31 heavy (non-hydrogen) atoms. The standard InChI is InChI=1S/C18H18ClN5O6S/c1-30-18(27)13-10-24(8-9-25)17(26)16(13)20-11-2-4-12(5-3-11)31(28,29)23-15-7-6-14(19)21-22-15/h2-7,20,25H,8-10H2,1H3,(H,22,23). The van der Waals surface area contributed by atoms with Crippen LogP contribution in [-0.4, -0.2) is 67.3 Å². The van der Waals surface area contributed by atoms with E-state index in [-0.39, 0.29) is 46.8 Å². The van der Waals surface area contributed by atoms with E-state index >= 15 is 0 Å². The fourth-order valence-corrected chi connectivity index (χ4v) is 3.87. The predicted octanol–water partition coefficient (Wildman–Crippen LogP) is 0.604. The van der Waals surface area contributed by atoms with E-state index in [0.717, 1.165) is 0 Å². The first-order chi connectivity index (χ1) is 14.7. The van der Waals surface area contributed by atoms with Crippen molar-refractivity contribution < 1.29 is 27.9 Å². The molecule has 1 aromatic heterocycles. The summed E-state index contributed by atoms with van der Waals surface area (Å²) in [5, 5.41) is 19.3. The first-order valence-electron chi connectivity index (χ1n) is 8.86. The van der Waals surface area contributed by atoms with Crippen LogP contribution in [0.25, 0.3) is 0 Å². The van der Waals surface area contributed by atoms with Crippen LogP contribution in [0.4, 0.5) is 11.5 Å². The number of rotatable bonds is 8. The smallest absolute Gasteiger partial charge is 0.337 e. The largest absolute Gasteiger partial charge is 0.466 e. The molecule has 0 aliphatic carbocycles. The molecule has 1 aliphatic heterocycles. The molecule has 164 valence electrons. The van der Waals surface area contributed by atoms with Gasteiger partial charge in [0.1, 0.15) is 5.70 Å². The van der Waals surface area contributed by atoms with E-state index in [4.69, 9.17) is 21.4 Å².